The molecule has 0 amide bonds. The number of rotatable bonds is 7. The van der Waals surface area contributed by atoms with Crippen LogP contribution in [0, 0.1) is 0 Å². The Morgan fingerprint density at radius 2 is 2.24 bits per heavy atom. The summed E-state index contributed by atoms with van der Waals surface area (Å²) in [5, 5.41) is 6.20. The number of hydrogen-bond donors (Lipinski definition) is 2. The van der Waals surface area contributed by atoms with E-state index < -0.39 is 0 Å². The van der Waals surface area contributed by atoms with Gasteiger partial charge in [-0.25, -0.2) is 0 Å². The lowest BCUT2D eigenvalue weighted by Gasteiger charge is -2.12. The first-order valence-electron chi connectivity index (χ1n) is 6.91. The van der Waals surface area contributed by atoms with Crippen molar-refractivity contribution < 1.29 is 9.53 Å². The second kappa shape index (κ2) is 6.95. The molecule has 0 atom stereocenters. The summed E-state index contributed by atoms with van der Waals surface area (Å²) in [7, 11) is 0. The van der Waals surface area contributed by atoms with Crippen LogP contribution in [0.5, 0.6) is 5.75 Å². The number of Topliss-reactive ketones (excluding diaryl/α,β-unsaturated/α-hetero) is 1. The van der Waals surface area contributed by atoms with Crippen molar-refractivity contribution in [2.45, 2.75) is 39.8 Å². The highest BCUT2D eigenvalue weighted by atomic mass is 32.1. The zero-order valence-electron chi connectivity index (χ0n) is 12.4. The monoisotopic (exact) mass is 324 g/mol. The molecule has 0 spiro atoms. The van der Waals surface area contributed by atoms with E-state index in [1.807, 2.05) is 32.2 Å². The van der Waals surface area contributed by atoms with Gasteiger partial charge in [-0.3, -0.25) is 4.79 Å². The van der Waals surface area contributed by atoms with E-state index in [0.717, 1.165) is 5.00 Å². The number of nitrogen functional groups attached to an aromatic ring is 1. The minimum absolute atomic E-state index is 0.00812. The molecule has 0 radical (unpaired) electrons. The van der Waals surface area contributed by atoms with Gasteiger partial charge in [-0.1, -0.05) is 13.0 Å². The lowest BCUT2D eigenvalue weighted by molar-refractivity contribution is 0.0992. The first-order chi connectivity index (χ1) is 10.0. The Morgan fingerprint density at radius 1 is 1.48 bits per heavy atom. The van der Waals surface area contributed by atoms with E-state index in [0.29, 0.717) is 29.3 Å². The van der Waals surface area contributed by atoms with E-state index in [9.17, 15) is 4.79 Å². The van der Waals surface area contributed by atoms with Gasteiger partial charge in [0.15, 0.2) is 11.5 Å². The van der Waals surface area contributed by atoms with E-state index >= 15 is 0 Å². The fourth-order valence-corrected chi connectivity index (χ4v) is 3.55. The van der Waals surface area contributed by atoms with Gasteiger partial charge in [0.05, 0.1) is 23.2 Å². The Hall–Kier alpha value is -1.53. The van der Waals surface area contributed by atoms with Crippen LogP contribution in [0.4, 0.5) is 10.7 Å². The number of anilines is 2. The van der Waals surface area contributed by atoms with Gasteiger partial charge < -0.3 is 15.8 Å². The lowest BCUT2D eigenvalue weighted by Crippen LogP contribution is -2.09. The van der Waals surface area contributed by atoms with Crippen molar-refractivity contribution in [3.63, 3.8) is 0 Å². The van der Waals surface area contributed by atoms with Crippen LogP contribution in [-0.2, 0) is 6.54 Å². The Morgan fingerprint density at radius 3 is 2.81 bits per heavy atom. The predicted molar refractivity (Wildman–Crippen MR) is 90.8 cm³/mol. The molecule has 4 nitrogen and oxygen atoms in total. The van der Waals surface area contributed by atoms with Gasteiger partial charge >= 0.3 is 0 Å². The standard InChI is InChI=1S/C15H20N2O2S2/c1-4-11(18)14-12(16)13(19-9(2)3)15(21-14)17-8-10-6-5-7-20-10/h5-7,9,17H,4,8,16H2,1-3H3. The Bertz CT molecular complexity index is 603. The highest BCUT2D eigenvalue weighted by molar-refractivity contribution is 7.19. The van der Waals surface area contributed by atoms with Crippen molar-refractivity contribution in [3.8, 4) is 5.75 Å². The van der Waals surface area contributed by atoms with E-state index in [-0.39, 0.29) is 11.9 Å². The second-order valence-corrected chi connectivity index (χ2v) is 6.93. The molecule has 0 unspecified atom stereocenters. The molecule has 2 heterocycles. The first kappa shape index (κ1) is 15.9. The van der Waals surface area contributed by atoms with Crippen LogP contribution in [0.25, 0.3) is 0 Å². The van der Waals surface area contributed by atoms with Crippen LogP contribution < -0.4 is 15.8 Å². The molecule has 114 valence electrons. The number of ether oxygens (including phenoxy) is 1. The summed E-state index contributed by atoms with van der Waals surface area (Å²) in [6, 6.07) is 4.08. The normalized spacial score (nSPS) is 10.9. The predicted octanol–water partition coefficient (Wildman–Crippen LogP) is 4.38. The summed E-state index contributed by atoms with van der Waals surface area (Å²) in [6.45, 7) is 6.43. The molecule has 0 aliphatic carbocycles. The van der Waals surface area contributed by atoms with Crippen LogP contribution in [0.15, 0.2) is 17.5 Å². The molecule has 0 bridgehead atoms. The minimum atomic E-state index is 0.00812. The highest BCUT2D eigenvalue weighted by Gasteiger charge is 2.22. The van der Waals surface area contributed by atoms with Crippen LogP contribution in [0.1, 0.15) is 41.7 Å². The Balaban J connectivity index is 2.26. The maximum Gasteiger partial charge on any atom is 0.177 e. The summed E-state index contributed by atoms with van der Waals surface area (Å²) in [4.78, 5) is 13.8. The highest BCUT2D eigenvalue weighted by Crippen LogP contribution is 2.44. The number of nitrogens with one attached hydrogen (secondary N) is 1. The summed E-state index contributed by atoms with van der Waals surface area (Å²) in [6.07, 6.45) is 0.449. The molecule has 0 fully saturated rings. The zero-order chi connectivity index (χ0) is 15.4. The van der Waals surface area contributed by atoms with Gasteiger partial charge in [0, 0.05) is 11.3 Å². The van der Waals surface area contributed by atoms with Crippen molar-refractivity contribution in [3.05, 3.63) is 27.3 Å². The largest absolute Gasteiger partial charge is 0.486 e. The van der Waals surface area contributed by atoms with Crippen molar-refractivity contribution in [2.75, 3.05) is 11.1 Å². The zero-order valence-corrected chi connectivity index (χ0v) is 14.1. The molecule has 6 heteroatoms. The van der Waals surface area contributed by atoms with Crippen LogP contribution in [-0.4, -0.2) is 11.9 Å². The smallest absolute Gasteiger partial charge is 0.177 e. The summed E-state index contributed by atoms with van der Waals surface area (Å²) < 4.78 is 5.80. The summed E-state index contributed by atoms with van der Waals surface area (Å²) in [5.41, 5.74) is 6.56. The first-order valence-corrected chi connectivity index (χ1v) is 8.60. The Labute approximate surface area is 132 Å². The van der Waals surface area contributed by atoms with Crippen molar-refractivity contribution in [1.82, 2.24) is 0 Å². The van der Waals surface area contributed by atoms with Crippen molar-refractivity contribution in [1.29, 1.82) is 0 Å². The average molecular weight is 324 g/mol. The lowest BCUT2D eigenvalue weighted by atomic mass is 10.2. The third-order valence-corrected chi connectivity index (χ3v) is 4.89. The molecule has 0 aromatic carbocycles. The Kier molecular flexibility index (Phi) is 5.25. The van der Waals surface area contributed by atoms with Crippen LogP contribution in [0.2, 0.25) is 0 Å². The van der Waals surface area contributed by atoms with E-state index in [2.05, 4.69) is 11.4 Å². The molecule has 2 rings (SSSR count). The van der Waals surface area contributed by atoms with Crippen LogP contribution >= 0.6 is 22.7 Å². The van der Waals surface area contributed by atoms with Gasteiger partial charge in [0.1, 0.15) is 5.00 Å². The molecular formula is C15H20N2O2S2. The molecular weight excluding hydrogens is 304 g/mol. The SMILES string of the molecule is CCC(=O)c1sc(NCc2cccs2)c(OC(C)C)c1N. The molecule has 0 aliphatic rings. The number of nitrogens with two attached hydrogens (primary N) is 1. The number of ketones is 1. The summed E-state index contributed by atoms with van der Waals surface area (Å²) >= 11 is 3.06. The minimum Gasteiger partial charge on any atom is -0.486 e. The molecule has 2 aromatic rings. The number of thiophene rings is 2. The number of carbonyl (C=O) groups is 1. The third kappa shape index (κ3) is 3.77. The molecule has 0 aliphatic heterocycles. The average Bonchev–Trinajstić information content (AvgIpc) is 3.06. The van der Waals surface area contributed by atoms with Gasteiger partial charge in [0.25, 0.3) is 0 Å². The maximum atomic E-state index is 12.0. The fraction of sp³-hybridized carbons (Fsp3) is 0.400. The van der Waals surface area contributed by atoms with E-state index in [1.165, 1.54) is 16.2 Å². The van der Waals surface area contributed by atoms with Gasteiger partial charge in [-0.15, -0.1) is 22.7 Å². The van der Waals surface area contributed by atoms with Gasteiger partial charge in [0.2, 0.25) is 0 Å². The fourth-order valence-electron chi connectivity index (χ4n) is 1.85. The summed E-state index contributed by atoms with van der Waals surface area (Å²) in [5.74, 6) is 0.652. The van der Waals surface area contributed by atoms with Gasteiger partial charge in [-0.05, 0) is 25.3 Å². The van der Waals surface area contributed by atoms with Gasteiger partial charge in [-0.2, -0.15) is 0 Å². The second-order valence-electron chi connectivity index (χ2n) is 4.88. The molecule has 2 aromatic heterocycles. The molecule has 3 N–H and O–H groups in total. The van der Waals surface area contributed by atoms with E-state index in [1.54, 1.807) is 11.3 Å². The maximum absolute atomic E-state index is 12.0. The topological polar surface area (TPSA) is 64.3 Å². The number of carbonyl (C=O) groups excluding carboxylic acids is 1. The quantitative estimate of drug-likeness (QED) is 0.742. The molecule has 0 saturated carbocycles. The van der Waals surface area contributed by atoms with Crippen LogP contribution in [0.3, 0.4) is 0 Å². The number of hydrogen-bond acceptors (Lipinski definition) is 6. The van der Waals surface area contributed by atoms with Crippen molar-refractivity contribution in [2.24, 2.45) is 0 Å². The van der Waals surface area contributed by atoms with Crippen molar-refractivity contribution >= 4 is 39.1 Å². The molecule has 0 saturated heterocycles. The van der Waals surface area contributed by atoms with E-state index in [4.69, 9.17) is 10.5 Å². The molecule has 21 heavy (non-hydrogen) atoms. The third-order valence-electron chi connectivity index (χ3n) is 2.83.